The number of rotatable bonds is 6. The number of hydrogen-bond donors (Lipinski definition) is 0. The zero-order chi connectivity index (χ0) is 21.2. The summed E-state index contributed by atoms with van der Waals surface area (Å²) in [7, 11) is -4.08. The minimum Gasteiger partial charge on any atom is -0.274 e. The summed E-state index contributed by atoms with van der Waals surface area (Å²) in [6, 6.07) is 12.2. The molecular weight excluding hydrogens is 414 g/mol. The highest BCUT2D eigenvalue weighted by molar-refractivity contribution is 7.89. The maximum absolute atomic E-state index is 13.1. The Labute approximate surface area is 173 Å². The number of sulfonamides is 1. The smallest absolute Gasteiger partial charge is 0.252 e. The van der Waals surface area contributed by atoms with E-state index < -0.39 is 27.9 Å². The van der Waals surface area contributed by atoms with Crippen LogP contribution >= 0.6 is 11.6 Å². The highest BCUT2D eigenvalue weighted by Gasteiger charge is 2.46. The Hall–Kier alpha value is -2.99. The predicted molar refractivity (Wildman–Crippen MR) is 108 cm³/mol. The number of anilines is 1. The van der Waals surface area contributed by atoms with Crippen LogP contribution in [0, 0.1) is 11.3 Å². The second-order valence-electron chi connectivity index (χ2n) is 6.26. The summed E-state index contributed by atoms with van der Waals surface area (Å²) in [6.45, 7) is 3.42. The number of carbonyl (C=O) groups excluding carboxylic acids is 2. The molecule has 9 heteroatoms. The van der Waals surface area contributed by atoms with Gasteiger partial charge >= 0.3 is 0 Å². The first-order valence-electron chi connectivity index (χ1n) is 8.55. The maximum atomic E-state index is 13.1. The van der Waals surface area contributed by atoms with Gasteiger partial charge in [0.15, 0.2) is 0 Å². The molecule has 0 bridgehead atoms. The van der Waals surface area contributed by atoms with Crippen LogP contribution in [-0.2, 0) is 19.6 Å². The van der Waals surface area contributed by atoms with Crippen molar-refractivity contribution in [2.75, 3.05) is 11.4 Å². The number of amides is 2. The summed E-state index contributed by atoms with van der Waals surface area (Å²) in [6.07, 6.45) is 1.06. The zero-order valence-electron chi connectivity index (χ0n) is 15.2. The highest BCUT2D eigenvalue weighted by Crippen LogP contribution is 2.29. The van der Waals surface area contributed by atoms with Crippen molar-refractivity contribution >= 4 is 39.1 Å². The minimum atomic E-state index is -4.08. The molecule has 0 aromatic heterocycles. The SMILES string of the molecule is C=CCN(C1CC(=O)N(c2ccc(C#N)cc2)C1=O)S(=O)(=O)c1ccc(Cl)cc1. The Balaban J connectivity index is 1.97. The van der Waals surface area contributed by atoms with E-state index in [1.807, 2.05) is 6.07 Å². The van der Waals surface area contributed by atoms with Gasteiger partial charge in [-0.15, -0.1) is 6.58 Å². The van der Waals surface area contributed by atoms with Gasteiger partial charge in [-0.3, -0.25) is 9.59 Å². The number of benzene rings is 2. The highest BCUT2D eigenvalue weighted by atomic mass is 35.5. The van der Waals surface area contributed by atoms with Crippen LogP contribution in [0.2, 0.25) is 5.02 Å². The van der Waals surface area contributed by atoms with E-state index >= 15 is 0 Å². The van der Waals surface area contributed by atoms with Crippen molar-refractivity contribution in [1.29, 1.82) is 5.26 Å². The number of nitriles is 1. The van der Waals surface area contributed by atoms with Crippen molar-refractivity contribution in [3.05, 3.63) is 71.8 Å². The average Bonchev–Trinajstić information content (AvgIpc) is 3.00. The standard InChI is InChI=1S/C20H16ClN3O4S/c1-2-11-23(29(27,28)17-9-5-15(21)6-10-17)18-12-19(25)24(20(18)26)16-7-3-14(13-22)4-8-16/h2-10,18H,1,11-12H2. The molecule has 0 radical (unpaired) electrons. The summed E-state index contributed by atoms with van der Waals surface area (Å²) in [5.74, 6) is -1.18. The third-order valence-corrected chi connectivity index (χ3v) is 6.60. The van der Waals surface area contributed by atoms with Crippen LogP contribution in [0.25, 0.3) is 0 Å². The molecule has 1 atom stereocenters. The van der Waals surface area contributed by atoms with Crippen molar-refractivity contribution in [3.8, 4) is 6.07 Å². The number of carbonyl (C=O) groups is 2. The maximum Gasteiger partial charge on any atom is 0.252 e. The lowest BCUT2D eigenvalue weighted by molar-refractivity contribution is -0.122. The zero-order valence-corrected chi connectivity index (χ0v) is 16.7. The van der Waals surface area contributed by atoms with Crippen molar-refractivity contribution in [3.63, 3.8) is 0 Å². The third kappa shape index (κ3) is 3.93. The summed E-state index contributed by atoms with van der Waals surface area (Å²) >= 11 is 5.83. The molecule has 7 nitrogen and oxygen atoms in total. The molecule has 0 N–H and O–H groups in total. The van der Waals surface area contributed by atoms with E-state index in [0.717, 1.165) is 9.21 Å². The van der Waals surface area contributed by atoms with Crippen LogP contribution in [0.4, 0.5) is 5.69 Å². The molecule has 1 saturated heterocycles. The fourth-order valence-corrected chi connectivity index (χ4v) is 4.74. The molecule has 2 amide bonds. The van der Waals surface area contributed by atoms with E-state index in [2.05, 4.69) is 6.58 Å². The van der Waals surface area contributed by atoms with Gasteiger partial charge in [0.1, 0.15) is 6.04 Å². The van der Waals surface area contributed by atoms with E-state index in [9.17, 15) is 18.0 Å². The van der Waals surface area contributed by atoms with Crippen LogP contribution in [0.15, 0.2) is 66.1 Å². The molecule has 1 aliphatic rings. The molecule has 0 aliphatic carbocycles. The van der Waals surface area contributed by atoms with Crippen LogP contribution < -0.4 is 4.90 Å². The Bertz CT molecular complexity index is 1110. The molecule has 2 aromatic rings. The first-order chi connectivity index (χ1) is 13.8. The molecule has 2 aromatic carbocycles. The number of imide groups is 1. The molecular formula is C20H16ClN3O4S. The first-order valence-corrected chi connectivity index (χ1v) is 10.4. The van der Waals surface area contributed by atoms with Crippen LogP contribution in [0.3, 0.4) is 0 Å². The molecule has 1 heterocycles. The van der Waals surface area contributed by atoms with Gasteiger partial charge < -0.3 is 0 Å². The molecule has 148 valence electrons. The largest absolute Gasteiger partial charge is 0.274 e. The quantitative estimate of drug-likeness (QED) is 0.519. The predicted octanol–water partition coefficient (Wildman–Crippen LogP) is 2.72. The van der Waals surface area contributed by atoms with E-state index in [4.69, 9.17) is 16.9 Å². The fraction of sp³-hybridized carbons (Fsp3) is 0.150. The minimum absolute atomic E-state index is 0.0409. The van der Waals surface area contributed by atoms with E-state index in [0.29, 0.717) is 10.6 Å². The number of hydrogen-bond acceptors (Lipinski definition) is 5. The Kier molecular flexibility index (Phi) is 5.84. The average molecular weight is 430 g/mol. The van der Waals surface area contributed by atoms with E-state index in [-0.39, 0.29) is 23.5 Å². The van der Waals surface area contributed by atoms with Crippen molar-refractivity contribution in [1.82, 2.24) is 4.31 Å². The van der Waals surface area contributed by atoms with Gasteiger partial charge in [0.25, 0.3) is 5.91 Å². The van der Waals surface area contributed by atoms with Gasteiger partial charge in [0.2, 0.25) is 15.9 Å². The lowest BCUT2D eigenvalue weighted by Gasteiger charge is -2.25. The normalized spacial score (nSPS) is 16.9. The Morgan fingerprint density at radius 3 is 2.34 bits per heavy atom. The second kappa shape index (κ2) is 8.17. The fourth-order valence-electron chi connectivity index (χ4n) is 3.06. The summed E-state index contributed by atoms with van der Waals surface area (Å²) in [5.41, 5.74) is 0.659. The molecule has 1 aliphatic heterocycles. The van der Waals surface area contributed by atoms with Crippen LogP contribution in [-0.4, -0.2) is 37.1 Å². The van der Waals surface area contributed by atoms with Gasteiger partial charge in [-0.1, -0.05) is 17.7 Å². The van der Waals surface area contributed by atoms with E-state index in [1.54, 1.807) is 0 Å². The van der Waals surface area contributed by atoms with Crippen molar-refractivity contribution < 1.29 is 18.0 Å². The Morgan fingerprint density at radius 1 is 1.17 bits per heavy atom. The summed E-state index contributed by atoms with van der Waals surface area (Å²) in [5, 5.41) is 9.27. The molecule has 29 heavy (non-hydrogen) atoms. The van der Waals surface area contributed by atoms with Crippen molar-refractivity contribution in [2.45, 2.75) is 17.4 Å². The van der Waals surface area contributed by atoms with Crippen LogP contribution in [0.1, 0.15) is 12.0 Å². The molecule has 0 saturated carbocycles. The van der Waals surface area contributed by atoms with Crippen molar-refractivity contribution in [2.24, 2.45) is 0 Å². The monoisotopic (exact) mass is 429 g/mol. The third-order valence-electron chi connectivity index (χ3n) is 4.45. The van der Waals surface area contributed by atoms with Gasteiger partial charge in [-0.05, 0) is 48.5 Å². The second-order valence-corrected chi connectivity index (χ2v) is 8.59. The number of halogens is 1. The lowest BCUT2D eigenvalue weighted by atomic mass is 10.2. The summed E-state index contributed by atoms with van der Waals surface area (Å²) < 4.78 is 27.2. The first kappa shape index (κ1) is 20.7. The molecule has 3 rings (SSSR count). The van der Waals surface area contributed by atoms with Gasteiger partial charge in [0, 0.05) is 11.6 Å². The molecule has 0 spiro atoms. The summed E-state index contributed by atoms with van der Waals surface area (Å²) in [4.78, 5) is 26.4. The molecule has 1 unspecified atom stereocenters. The number of nitrogens with zero attached hydrogens (tertiary/aromatic N) is 3. The molecule has 1 fully saturated rings. The topological polar surface area (TPSA) is 98.5 Å². The van der Waals surface area contributed by atoms with Gasteiger partial charge in [-0.25, -0.2) is 13.3 Å². The van der Waals surface area contributed by atoms with Crippen LogP contribution in [0.5, 0.6) is 0 Å². The Morgan fingerprint density at radius 2 is 1.79 bits per heavy atom. The lowest BCUT2D eigenvalue weighted by Crippen LogP contribution is -2.45. The van der Waals surface area contributed by atoms with E-state index in [1.165, 1.54) is 54.6 Å². The van der Waals surface area contributed by atoms with Gasteiger partial charge in [-0.2, -0.15) is 9.57 Å². The van der Waals surface area contributed by atoms with Gasteiger partial charge in [0.05, 0.1) is 28.6 Å².